The molecule has 2 rings (SSSR count). The van der Waals surface area contributed by atoms with Gasteiger partial charge in [-0.1, -0.05) is 35.5 Å². The molecule has 116 valence electrons. The van der Waals surface area contributed by atoms with E-state index >= 15 is 0 Å². The Morgan fingerprint density at radius 2 is 1.95 bits per heavy atom. The smallest absolute Gasteiger partial charge is 0.363 e. The van der Waals surface area contributed by atoms with Crippen molar-refractivity contribution < 1.29 is 14.4 Å². The van der Waals surface area contributed by atoms with E-state index < -0.39 is 11.6 Å². The van der Waals surface area contributed by atoms with E-state index in [0.29, 0.717) is 5.69 Å². The van der Waals surface area contributed by atoms with E-state index in [0.717, 1.165) is 5.56 Å². The van der Waals surface area contributed by atoms with Crippen molar-refractivity contribution in [2.24, 2.45) is 5.16 Å². The number of esters is 1. The summed E-state index contributed by atoms with van der Waals surface area (Å²) in [6.45, 7) is 5.64. The molecule has 0 bridgehead atoms. The van der Waals surface area contributed by atoms with E-state index in [1.807, 2.05) is 30.3 Å². The van der Waals surface area contributed by atoms with Gasteiger partial charge in [-0.25, -0.2) is 4.79 Å². The number of benzene rings is 1. The predicted molar refractivity (Wildman–Crippen MR) is 82.2 cm³/mol. The van der Waals surface area contributed by atoms with Crippen LogP contribution in [0.25, 0.3) is 0 Å². The van der Waals surface area contributed by atoms with Crippen molar-refractivity contribution >= 4 is 11.7 Å². The van der Waals surface area contributed by atoms with Crippen LogP contribution in [0.3, 0.4) is 0 Å². The highest BCUT2D eigenvalue weighted by Gasteiger charge is 2.24. The zero-order valence-corrected chi connectivity index (χ0v) is 12.9. The van der Waals surface area contributed by atoms with Gasteiger partial charge in [0.25, 0.3) is 0 Å². The molecule has 0 saturated carbocycles. The summed E-state index contributed by atoms with van der Waals surface area (Å²) >= 11 is 0. The Morgan fingerprint density at radius 1 is 1.23 bits per heavy atom. The Balaban J connectivity index is 2.11. The predicted octanol–water partition coefficient (Wildman–Crippen LogP) is 2.67. The molecule has 0 amide bonds. The van der Waals surface area contributed by atoms with Crippen molar-refractivity contribution in [1.82, 2.24) is 10.2 Å². The number of oxime groups is 1. The van der Waals surface area contributed by atoms with E-state index in [4.69, 9.17) is 9.57 Å². The summed E-state index contributed by atoms with van der Waals surface area (Å²) in [5.74, 6) is -0.565. The molecule has 0 aliphatic heterocycles. The number of ether oxygens (including phenoxy) is 1. The van der Waals surface area contributed by atoms with E-state index in [1.165, 1.54) is 6.20 Å². The summed E-state index contributed by atoms with van der Waals surface area (Å²) in [5, 5.41) is 10.4. The lowest BCUT2D eigenvalue weighted by molar-refractivity contribution is -0.146. The number of rotatable bonds is 5. The second-order valence-electron chi connectivity index (χ2n) is 5.67. The van der Waals surface area contributed by atoms with Crippen molar-refractivity contribution in [2.45, 2.75) is 33.0 Å². The zero-order chi connectivity index (χ0) is 16.0. The largest absolute Gasteiger partial charge is 0.455 e. The molecule has 6 heteroatoms. The number of hydrogen-bond acceptors (Lipinski definition) is 5. The molecular formula is C16H19N3O3. The zero-order valence-electron chi connectivity index (χ0n) is 12.9. The van der Waals surface area contributed by atoms with E-state index in [-0.39, 0.29) is 12.3 Å². The van der Waals surface area contributed by atoms with Gasteiger partial charge in [0.15, 0.2) is 0 Å². The third kappa shape index (κ3) is 4.73. The molecular weight excluding hydrogens is 282 g/mol. The van der Waals surface area contributed by atoms with Crippen LogP contribution in [0.1, 0.15) is 32.0 Å². The number of aromatic amines is 1. The van der Waals surface area contributed by atoms with Gasteiger partial charge in [0.1, 0.15) is 12.2 Å². The average molecular weight is 301 g/mol. The molecule has 0 unspecified atom stereocenters. The van der Waals surface area contributed by atoms with Gasteiger partial charge in [-0.05, 0) is 32.4 Å². The van der Waals surface area contributed by atoms with Gasteiger partial charge in [-0.2, -0.15) is 5.10 Å². The summed E-state index contributed by atoms with van der Waals surface area (Å²) in [7, 11) is 0. The van der Waals surface area contributed by atoms with Crippen molar-refractivity contribution in [3.8, 4) is 0 Å². The van der Waals surface area contributed by atoms with Crippen LogP contribution in [0.2, 0.25) is 0 Å². The molecule has 2 aromatic rings. The molecule has 6 nitrogen and oxygen atoms in total. The van der Waals surface area contributed by atoms with Crippen molar-refractivity contribution in [3.63, 3.8) is 0 Å². The number of aromatic nitrogens is 2. The van der Waals surface area contributed by atoms with E-state index in [1.54, 1.807) is 26.8 Å². The van der Waals surface area contributed by atoms with Crippen LogP contribution in [0.15, 0.2) is 47.8 Å². The fourth-order valence-electron chi connectivity index (χ4n) is 1.66. The molecule has 1 aromatic heterocycles. The summed E-state index contributed by atoms with van der Waals surface area (Å²) in [6, 6.07) is 11.2. The van der Waals surface area contributed by atoms with Crippen molar-refractivity contribution in [3.05, 3.63) is 53.9 Å². The molecule has 1 aromatic carbocycles. The summed E-state index contributed by atoms with van der Waals surface area (Å²) in [5.41, 5.74) is 0.849. The van der Waals surface area contributed by atoms with E-state index in [2.05, 4.69) is 15.4 Å². The third-order valence-electron chi connectivity index (χ3n) is 2.58. The fraction of sp³-hybridized carbons (Fsp3) is 0.312. The second-order valence-corrected chi connectivity index (χ2v) is 5.67. The van der Waals surface area contributed by atoms with Crippen LogP contribution in [0.5, 0.6) is 0 Å². The maximum absolute atomic E-state index is 12.2. The first-order valence-corrected chi connectivity index (χ1v) is 6.93. The summed E-state index contributed by atoms with van der Waals surface area (Å²) in [4.78, 5) is 17.5. The molecule has 0 aliphatic carbocycles. The molecule has 0 atom stereocenters. The van der Waals surface area contributed by atoms with Crippen LogP contribution in [-0.2, 0) is 21.0 Å². The molecule has 0 aliphatic rings. The number of nitrogens with zero attached hydrogens (tertiary/aromatic N) is 2. The third-order valence-corrected chi connectivity index (χ3v) is 2.58. The lowest BCUT2D eigenvalue weighted by Crippen LogP contribution is -2.30. The lowest BCUT2D eigenvalue weighted by atomic mass is 10.2. The fourth-order valence-corrected chi connectivity index (χ4v) is 1.66. The molecule has 22 heavy (non-hydrogen) atoms. The van der Waals surface area contributed by atoms with Gasteiger partial charge in [0, 0.05) is 6.20 Å². The monoisotopic (exact) mass is 301 g/mol. The highest BCUT2D eigenvalue weighted by molar-refractivity contribution is 6.42. The van der Waals surface area contributed by atoms with Crippen LogP contribution in [0.4, 0.5) is 0 Å². The molecule has 1 heterocycles. The quantitative estimate of drug-likeness (QED) is 0.523. The van der Waals surface area contributed by atoms with Gasteiger partial charge < -0.3 is 9.57 Å². The lowest BCUT2D eigenvalue weighted by Gasteiger charge is -2.19. The van der Waals surface area contributed by atoms with Gasteiger partial charge in [-0.15, -0.1) is 0 Å². The minimum Gasteiger partial charge on any atom is -0.455 e. The first-order chi connectivity index (χ1) is 10.5. The molecule has 0 fully saturated rings. The summed E-state index contributed by atoms with van der Waals surface area (Å²) in [6.07, 6.45) is 1.53. The normalized spacial score (nSPS) is 12.0. The van der Waals surface area contributed by atoms with Gasteiger partial charge >= 0.3 is 5.97 Å². The number of nitrogens with one attached hydrogen (secondary N) is 1. The number of hydrogen-bond donors (Lipinski definition) is 1. The minimum atomic E-state index is -0.614. The highest BCUT2D eigenvalue weighted by atomic mass is 16.6. The van der Waals surface area contributed by atoms with Crippen molar-refractivity contribution in [2.75, 3.05) is 0 Å². The topological polar surface area (TPSA) is 76.6 Å². The van der Waals surface area contributed by atoms with Gasteiger partial charge in [0.05, 0.1) is 5.69 Å². The maximum atomic E-state index is 12.2. The standard InChI is InChI=1S/C16H19N3O3/c1-16(2,3)22-15(20)14(13-9-10-17-18-13)19-21-11-12-7-5-4-6-8-12/h4-10H,11H2,1-3H3,(H,17,18). The maximum Gasteiger partial charge on any atom is 0.363 e. The molecule has 0 spiro atoms. The molecule has 1 N–H and O–H groups in total. The van der Waals surface area contributed by atoms with Crippen molar-refractivity contribution in [1.29, 1.82) is 0 Å². The molecule has 0 saturated heterocycles. The SMILES string of the molecule is CC(C)(C)OC(=O)C(=NOCc1ccccc1)c1ccn[nH]1. The van der Waals surface area contributed by atoms with Crippen LogP contribution < -0.4 is 0 Å². The highest BCUT2D eigenvalue weighted by Crippen LogP contribution is 2.10. The van der Waals surface area contributed by atoms with Gasteiger partial charge in [0.2, 0.25) is 5.71 Å². The Hall–Kier alpha value is -2.63. The van der Waals surface area contributed by atoms with Crippen LogP contribution >= 0.6 is 0 Å². The Labute approximate surface area is 129 Å². The van der Waals surface area contributed by atoms with E-state index in [9.17, 15) is 4.79 Å². The first-order valence-electron chi connectivity index (χ1n) is 6.93. The number of carbonyl (C=O) groups excluding carboxylic acids is 1. The minimum absolute atomic E-state index is 0.0587. The second kappa shape index (κ2) is 6.89. The number of H-pyrrole nitrogens is 1. The first kappa shape index (κ1) is 15.8. The Morgan fingerprint density at radius 3 is 2.55 bits per heavy atom. The Bertz CT molecular complexity index is 628. The van der Waals surface area contributed by atoms with Crippen LogP contribution in [0, 0.1) is 0 Å². The summed E-state index contributed by atoms with van der Waals surface area (Å²) < 4.78 is 5.33. The Kier molecular flexibility index (Phi) is 4.93. The van der Waals surface area contributed by atoms with Gasteiger partial charge in [-0.3, -0.25) is 5.10 Å². The van der Waals surface area contributed by atoms with Crippen LogP contribution in [-0.4, -0.2) is 27.5 Å². The molecule has 0 radical (unpaired) electrons. The average Bonchev–Trinajstić information content (AvgIpc) is 2.96. The number of carbonyl (C=O) groups is 1.